The lowest BCUT2D eigenvalue weighted by Crippen LogP contribution is -2.71. The van der Waals surface area contributed by atoms with Crippen LogP contribution in [-0.2, 0) is 108 Å². The second-order valence-electron chi connectivity index (χ2n) is 24.2. The molecular weight excluding hydrogens is 1260 g/mol. The number of amides is 3. The van der Waals surface area contributed by atoms with Crippen LogP contribution in [0.1, 0.15) is 93.6 Å². The molecule has 0 spiro atoms. The van der Waals surface area contributed by atoms with Gasteiger partial charge in [0, 0.05) is 38.8 Å². The van der Waals surface area contributed by atoms with Gasteiger partial charge in [-0.15, -0.1) is 0 Å². The number of imide groups is 1. The van der Waals surface area contributed by atoms with Crippen LogP contribution in [0.5, 0.6) is 0 Å². The highest BCUT2D eigenvalue weighted by atomic mass is 16.8. The number of benzene rings is 6. The Morgan fingerprint density at radius 3 is 1.52 bits per heavy atom. The molecular formula is C72H70N2O23. The van der Waals surface area contributed by atoms with E-state index in [2.05, 4.69) is 0 Å². The van der Waals surface area contributed by atoms with E-state index in [1.165, 1.54) is 36.1 Å². The lowest BCUT2D eigenvalue weighted by molar-refractivity contribution is -0.366. The molecule has 6 aromatic rings. The Kier molecular flexibility index (Phi) is 20.1. The number of carbonyl (C=O) groups is 8. The summed E-state index contributed by atoms with van der Waals surface area (Å²) in [6.07, 6.45) is -23.3. The van der Waals surface area contributed by atoms with Gasteiger partial charge in [-0.05, 0) is 35.4 Å². The molecule has 97 heavy (non-hydrogen) atoms. The lowest BCUT2D eigenvalue weighted by Gasteiger charge is -2.51. The van der Waals surface area contributed by atoms with Crippen molar-refractivity contribution in [3.8, 4) is 0 Å². The van der Waals surface area contributed by atoms with E-state index in [-0.39, 0.29) is 36.5 Å². The Morgan fingerprint density at radius 1 is 0.443 bits per heavy atom. The van der Waals surface area contributed by atoms with Crippen molar-refractivity contribution in [2.45, 2.75) is 157 Å². The number of nitrogens with zero attached hydrogens (tertiary/aromatic N) is 2. The van der Waals surface area contributed by atoms with E-state index in [1.54, 1.807) is 78.9 Å². The molecule has 6 fully saturated rings. The molecule has 2 bridgehead atoms. The van der Waals surface area contributed by atoms with Crippen LogP contribution in [0.15, 0.2) is 176 Å². The molecule has 7 aliphatic heterocycles. The van der Waals surface area contributed by atoms with Crippen molar-refractivity contribution in [1.82, 2.24) is 9.80 Å². The minimum Gasteiger partial charge on any atom is -0.463 e. The van der Waals surface area contributed by atoms with Crippen LogP contribution < -0.4 is 0 Å². The molecule has 0 aliphatic carbocycles. The second-order valence-corrected chi connectivity index (χ2v) is 24.2. The maximum absolute atomic E-state index is 16.2. The summed E-state index contributed by atoms with van der Waals surface area (Å²) in [7, 11) is 0. The van der Waals surface area contributed by atoms with E-state index in [0.29, 0.717) is 22.3 Å². The van der Waals surface area contributed by atoms with Crippen molar-refractivity contribution < 1.29 is 109 Å². The third-order valence-corrected chi connectivity index (χ3v) is 17.8. The van der Waals surface area contributed by atoms with Crippen LogP contribution in [-0.4, -0.2) is 181 Å². The molecule has 25 heteroatoms. The van der Waals surface area contributed by atoms with E-state index < -0.39 is 177 Å². The summed E-state index contributed by atoms with van der Waals surface area (Å²) in [5.41, 5.74) is 2.62. The van der Waals surface area contributed by atoms with Gasteiger partial charge >= 0.3 is 29.8 Å². The molecule has 6 aromatic carbocycles. The molecule has 25 nitrogen and oxygen atoms in total. The highest BCUT2D eigenvalue weighted by molar-refractivity contribution is 6.21. The third kappa shape index (κ3) is 14.1. The summed E-state index contributed by atoms with van der Waals surface area (Å²) >= 11 is 0. The Labute approximate surface area is 556 Å². The molecule has 0 radical (unpaired) electrons. The molecule has 0 N–H and O–H groups in total. The van der Waals surface area contributed by atoms with Gasteiger partial charge in [0.15, 0.2) is 49.6 Å². The summed E-state index contributed by atoms with van der Waals surface area (Å²) in [4.78, 5) is 115. The monoisotopic (exact) mass is 1330 g/mol. The van der Waals surface area contributed by atoms with Crippen molar-refractivity contribution in [3.05, 3.63) is 215 Å². The predicted octanol–water partition coefficient (Wildman–Crippen LogP) is 6.45. The molecule has 0 saturated carbocycles. The fraction of sp³-hybridized carbons (Fsp3) is 0.389. The molecule has 2 unspecified atom stereocenters. The summed E-state index contributed by atoms with van der Waals surface area (Å²) in [6, 6.07) is 46.5. The number of esters is 5. The van der Waals surface area contributed by atoms with Crippen molar-refractivity contribution in [2.24, 2.45) is 0 Å². The molecule has 506 valence electrons. The minimum atomic E-state index is -1.99. The minimum absolute atomic E-state index is 0.0344. The van der Waals surface area contributed by atoms with Gasteiger partial charge in [0.05, 0.1) is 48.6 Å². The fourth-order valence-corrected chi connectivity index (χ4v) is 13.7. The van der Waals surface area contributed by atoms with Crippen LogP contribution in [0, 0.1) is 0 Å². The van der Waals surface area contributed by atoms with Gasteiger partial charge in [0.2, 0.25) is 0 Å². The first-order valence-corrected chi connectivity index (χ1v) is 31.9. The van der Waals surface area contributed by atoms with Gasteiger partial charge in [-0.3, -0.25) is 38.5 Å². The lowest BCUT2D eigenvalue weighted by atomic mass is 9.91. The molecule has 0 aromatic heterocycles. The number of fused-ring (bicyclic) bond motifs is 8. The molecule has 3 amide bonds. The van der Waals surface area contributed by atoms with Crippen molar-refractivity contribution >= 4 is 47.6 Å². The van der Waals surface area contributed by atoms with E-state index in [0.717, 1.165) is 25.7 Å². The number of hydrogen-bond donors (Lipinski definition) is 0. The molecule has 7 heterocycles. The number of rotatable bonds is 21. The molecule has 19 atom stereocenters. The average molecular weight is 1330 g/mol. The van der Waals surface area contributed by atoms with E-state index >= 15 is 4.79 Å². The molecule has 13 rings (SSSR count). The first-order chi connectivity index (χ1) is 47.1. The number of carbonyl (C=O) groups excluding carboxylic acids is 8. The van der Waals surface area contributed by atoms with Gasteiger partial charge in [0.25, 0.3) is 17.7 Å². The van der Waals surface area contributed by atoms with E-state index in [9.17, 15) is 33.6 Å². The van der Waals surface area contributed by atoms with Crippen LogP contribution in [0.4, 0.5) is 0 Å². The van der Waals surface area contributed by atoms with Crippen molar-refractivity contribution in [1.29, 1.82) is 0 Å². The average Bonchev–Trinajstić information content (AvgIpc) is 1.58. The van der Waals surface area contributed by atoms with Crippen LogP contribution >= 0.6 is 0 Å². The summed E-state index contributed by atoms with van der Waals surface area (Å²) in [5, 5.41) is 0. The Balaban J connectivity index is 0.948. The SMILES string of the molecule is CC(=O)OC[C@H]1O[C@@H](O[C@@H]2[C@H](OCc3ccccc3)[C@@H](OCc3ccccc3)[C@@H](O[C@H]3C(=O)N4[C@@H]([C@@H]5OC(c6ccccc6)OC[C@H]4[C@@H]5OC(C)=O)[C@@H]4OC(c5ccccc5)O[C@@H]43)O[C@@H]2COC(=O)c2ccccc2)[C@H](N2C(=O)c3ccccc3C2=O)[C@H](OC(C)=O)[C@H]1OC(C)=O. The largest absolute Gasteiger partial charge is 0.463 e. The highest BCUT2D eigenvalue weighted by Gasteiger charge is 2.69. The van der Waals surface area contributed by atoms with Crippen LogP contribution in [0.2, 0.25) is 0 Å². The standard InChI is InChI=1S/C72H70N2O23/c1-39(75)83-37-51-56(89-41(3)77)60(90-42(4)78)54(74-65(79)48-32-20-21-33-49(48)66(74)80)71(91-51)93-57-52(38-86-68(82)45-26-14-7-15-27-45)92-72(64(85-35-44-24-12-6-13-25-44)61(57)84-34-43-22-10-5-11-23-43)97-63-62-59(95-70(96-62)47-30-18-9-19-31-47)53-58-55(88-40(2)76)50(73(53)67(63)81)36-87-69(94-58)46-28-16-8-17-29-46/h5-33,50-64,69-72H,34-38H2,1-4H3/t50-,51+,52+,53-,54+,55-,56-,57-,58-,59-,60-,61-,62-,63+,64+,69?,70?,71-,72+/m0/s1. The van der Waals surface area contributed by atoms with Gasteiger partial charge in [-0.2, -0.15) is 0 Å². The maximum atomic E-state index is 16.2. The molecule has 6 saturated heterocycles. The zero-order valence-corrected chi connectivity index (χ0v) is 53.0. The van der Waals surface area contributed by atoms with Crippen molar-refractivity contribution in [2.75, 3.05) is 19.8 Å². The number of piperidine rings is 1. The van der Waals surface area contributed by atoms with Gasteiger partial charge in [-0.1, -0.05) is 152 Å². The Bertz CT molecular complexity index is 3780. The zero-order valence-electron chi connectivity index (χ0n) is 53.0. The number of ether oxygens (including phenoxy) is 15. The Morgan fingerprint density at radius 2 is 0.928 bits per heavy atom. The maximum Gasteiger partial charge on any atom is 0.338 e. The Hall–Kier alpha value is -9.12. The topological polar surface area (TPSA) is 281 Å². The zero-order chi connectivity index (χ0) is 67.4. The van der Waals surface area contributed by atoms with Crippen LogP contribution in [0.3, 0.4) is 0 Å². The smallest absolute Gasteiger partial charge is 0.338 e. The van der Waals surface area contributed by atoms with Crippen LogP contribution in [0.25, 0.3) is 0 Å². The quantitative estimate of drug-likeness (QED) is 0.0425. The van der Waals surface area contributed by atoms with E-state index in [1.807, 2.05) is 72.8 Å². The predicted molar refractivity (Wildman–Crippen MR) is 331 cm³/mol. The van der Waals surface area contributed by atoms with E-state index in [4.69, 9.17) is 71.1 Å². The van der Waals surface area contributed by atoms with Crippen molar-refractivity contribution in [3.63, 3.8) is 0 Å². The molecule has 7 aliphatic rings. The normalized spacial score (nSPS) is 31.1. The van der Waals surface area contributed by atoms with Gasteiger partial charge < -0.3 is 76.0 Å². The van der Waals surface area contributed by atoms with Gasteiger partial charge in [0.1, 0.15) is 68.1 Å². The highest BCUT2D eigenvalue weighted by Crippen LogP contribution is 2.50. The summed E-state index contributed by atoms with van der Waals surface area (Å²) < 4.78 is 99.3. The third-order valence-electron chi connectivity index (χ3n) is 17.8. The number of hydrogen-bond acceptors (Lipinski definition) is 23. The first kappa shape index (κ1) is 66.5. The second kappa shape index (κ2) is 29.3. The van der Waals surface area contributed by atoms with Gasteiger partial charge in [-0.25, -0.2) is 4.79 Å². The summed E-state index contributed by atoms with van der Waals surface area (Å²) in [6.45, 7) is 2.61. The first-order valence-electron chi connectivity index (χ1n) is 31.9. The summed E-state index contributed by atoms with van der Waals surface area (Å²) in [5.74, 6) is -6.54. The fourth-order valence-electron chi connectivity index (χ4n) is 13.7.